The number of H-pyrrole nitrogens is 1. The predicted octanol–water partition coefficient (Wildman–Crippen LogP) is 3.49. The zero-order valence-electron chi connectivity index (χ0n) is 30.2. The van der Waals surface area contributed by atoms with Gasteiger partial charge in [-0.15, -0.1) is 0 Å². The molecule has 1 aromatic heterocycles. The van der Waals surface area contributed by atoms with Crippen LogP contribution in [0.1, 0.15) is 62.1 Å². The van der Waals surface area contributed by atoms with Crippen LogP contribution in [0.2, 0.25) is 0 Å². The highest BCUT2D eigenvalue weighted by molar-refractivity contribution is 5.84. The van der Waals surface area contributed by atoms with Crippen molar-refractivity contribution < 1.29 is 23.5 Å². The topological polar surface area (TPSA) is 157 Å². The summed E-state index contributed by atoms with van der Waals surface area (Å²) in [6, 6.07) is 12.1. The van der Waals surface area contributed by atoms with Crippen LogP contribution in [0.3, 0.4) is 0 Å². The van der Waals surface area contributed by atoms with Crippen molar-refractivity contribution in [3.05, 3.63) is 63.6 Å². The number of para-hydroxylation sites is 1. The first kappa shape index (κ1) is 36.4. The first-order chi connectivity index (χ1) is 24.5. The summed E-state index contributed by atoms with van der Waals surface area (Å²) in [6.45, 7) is 8.52. The van der Waals surface area contributed by atoms with Gasteiger partial charge in [0.2, 0.25) is 6.41 Å². The number of carbonyl (C=O) groups excluding carboxylic acids is 3. The average Bonchev–Trinajstić information content (AvgIpc) is 3.52. The number of nitrogens with two attached hydrogens (primary N) is 1. The number of amides is 3. The first-order valence-corrected chi connectivity index (χ1v) is 18.4. The van der Waals surface area contributed by atoms with Gasteiger partial charge in [-0.1, -0.05) is 24.3 Å². The number of aromatic nitrogens is 1. The zero-order valence-corrected chi connectivity index (χ0v) is 30.2. The SMILES string of the molecule is CNc1ccccc1CCN(C=O)C1CCN(C(=O)O[C@H](Cc2cc(C)c3[nH]c(=O)oc3c2)C(=O)N2CCC(N3CCC(C)(N)CC3)CC2)CC1. The monoisotopic (exact) mass is 703 g/mol. The minimum atomic E-state index is -1.04. The van der Waals surface area contributed by atoms with E-state index in [0.717, 1.165) is 74.0 Å². The second kappa shape index (κ2) is 15.9. The standard InChI is InChI=1S/C38H53N7O6/c1-26-22-27(23-32-34(26)41-36(48)50-32)24-33(35(47)43-16-9-29(10-17-43)42-20-13-38(2,39)14-21-42)51-37(49)44-18-11-30(12-19-44)45(25-46)15-8-28-6-4-5-7-31(28)40-3/h4-7,22-23,25,29-30,33,40H,8-21,24,39H2,1-3H3,(H,41,48)/t33-/m1/s1. The van der Waals surface area contributed by atoms with Crippen LogP contribution in [0.15, 0.2) is 45.6 Å². The second-order valence-corrected chi connectivity index (χ2v) is 14.8. The van der Waals surface area contributed by atoms with Crippen molar-refractivity contribution in [2.24, 2.45) is 5.73 Å². The Kier molecular flexibility index (Phi) is 11.4. The Morgan fingerprint density at radius 2 is 1.76 bits per heavy atom. The van der Waals surface area contributed by atoms with Gasteiger partial charge in [0.1, 0.15) is 0 Å². The Balaban J connectivity index is 1.09. The number of hydrogen-bond donors (Lipinski definition) is 3. The molecule has 13 heteroatoms. The van der Waals surface area contributed by atoms with Crippen LogP contribution in [-0.4, -0.2) is 120 Å². The summed E-state index contributed by atoms with van der Waals surface area (Å²) in [6.07, 6.45) is 5.09. The van der Waals surface area contributed by atoms with Gasteiger partial charge in [-0.2, -0.15) is 0 Å². The fourth-order valence-corrected chi connectivity index (χ4v) is 7.99. The number of fused-ring (bicyclic) bond motifs is 1. The van der Waals surface area contributed by atoms with E-state index in [4.69, 9.17) is 14.9 Å². The fraction of sp³-hybridized carbons (Fsp3) is 0.579. The molecule has 3 saturated heterocycles. The van der Waals surface area contributed by atoms with E-state index >= 15 is 0 Å². The lowest BCUT2D eigenvalue weighted by molar-refractivity contribution is -0.142. The Hall–Kier alpha value is -4.36. The van der Waals surface area contributed by atoms with Gasteiger partial charge in [-0.25, -0.2) is 9.59 Å². The Labute approximate surface area is 299 Å². The molecular weight excluding hydrogens is 650 g/mol. The third kappa shape index (κ3) is 8.75. The Morgan fingerprint density at radius 1 is 1.08 bits per heavy atom. The molecule has 0 saturated carbocycles. The first-order valence-electron chi connectivity index (χ1n) is 18.4. The van der Waals surface area contributed by atoms with E-state index in [1.807, 2.05) is 48.0 Å². The number of carbonyl (C=O) groups is 3. The molecule has 4 N–H and O–H groups in total. The summed E-state index contributed by atoms with van der Waals surface area (Å²) in [5, 5.41) is 3.21. The molecule has 3 amide bonds. The summed E-state index contributed by atoms with van der Waals surface area (Å²) in [4.78, 5) is 62.3. The number of aromatic amines is 1. The Bertz CT molecular complexity index is 1730. The lowest BCUT2D eigenvalue weighted by Gasteiger charge is -2.44. The minimum absolute atomic E-state index is 0.0104. The second-order valence-electron chi connectivity index (χ2n) is 14.8. The smallest absolute Gasteiger partial charge is 0.417 e. The largest absolute Gasteiger partial charge is 0.436 e. The van der Waals surface area contributed by atoms with E-state index in [-0.39, 0.29) is 23.9 Å². The van der Waals surface area contributed by atoms with E-state index in [2.05, 4.69) is 28.2 Å². The van der Waals surface area contributed by atoms with Crippen LogP contribution in [0.5, 0.6) is 0 Å². The van der Waals surface area contributed by atoms with Crippen LogP contribution in [0, 0.1) is 6.92 Å². The summed E-state index contributed by atoms with van der Waals surface area (Å²) >= 11 is 0. The highest BCUT2D eigenvalue weighted by atomic mass is 16.6. The van der Waals surface area contributed by atoms with E-state index in [1.165, 1.54) is 0 Å². The van der Waals surface area contributed by atoms with E-state index in [9.17, 15) is 19.2 Å². The normalized spacial score (nSPS) is 19.5. The van der Waals surface area contributed by atoms with E-state index < -0.39 is 18.0 Å². The molecule has 3 fully saturated rings. The number of benzene rings is 2. The molecule has 3 aromatic rings. The van der Waals surface area contributed by atoms with Gasteiger partial charge in [0.05, 0.1) is 5.52 Å². The van der Waals surface area contributed by atoms with Crippen molar-refractivity contribution in [2.45, 2.75) is 88.9 Å². The Morgan fingerprint density at radius 3 is 2.45 bits per heavy atom. The van der Waals surface area contributed by atoms with Crippen LogP contribution >= 0.6 is 0 Å². The molecule has 0 radical (unpaired) electrons. The zero-order chi connectivity index (χ0) is 36.1. The third-order valence-electron chi connectivity index (χ3n) is 11.2. The van der Waals surface area contributed by atoms with E-state index in [0.29, 0.717) is 62.7 Å². The molecule has 0 aliphatic carbocycles. The molecule has 2 aromatic carbocycles. The molecule has 3 aliphatic heterocycles. The van der Waals surface area contributed by atoms with E-state index in [1.54, 1.807) is 11.0 Å². The quantitative estimate of drug-likeness (QED) is 0.255. The number of ether oxygens (including phenoxy) is 1. The molecule has 0 unspecified atom stereocenters. The lowest BCUT2D eigenvalue weighted by Crippen LogP contribution is -2.55. The summed E-state index contributed by atoms with van der Waals surface area (Å²) in [5.41, 5.74) is 11.0. The van der Waals surface area contributed by atoms with Gasteiger partial charge < -0.3 is 39.8 Å². The molecule has 51 heavy (non-hydrogen) atoms. The van der Waals surface area contributed by atoms with Crippen molar-refractivity contribution in [3.8, 4) is 0 Å². The maximum Gasteiger partial charge on any atom is 0.417 e. The summed E-state index contributed by atoms with van der Waals surface area (Å²) in [5.74, 6) is -0.761. The van der Waals surface area contributed by atoms with Crippen molar-refractivity contribution in [2.75, 3.05) is 58.2 Å². The third-order valence-corrected chi connectivity index (χ3v) is 11.2. The minimum Gasteiger partial charge on any atom is -0.436 e. The van der Waals surface area contributed by atoms with Gasteiger partial charge in [0, 0.05) is 82.6 Å². The van der Waals surface area contributed by atoms with Gasteiger partial charge in [-0.05, 0) is 87.6 Å². The number of hydrogen-bond acceptors (Lipinski definition) is 9. The van der Waals surface area contributed by atoms with Crippen LogP contribution < -0.4 is 16.8 Å². The molecular formula is C38H53N7O6. The molecule has 13 nitrogen and oxygen atoms in total. The van der Waals surface area contributed by atoms with Gasteiger partial charge in [0.15, 0.2) is 11.7 Å². The number of oxazole rings is 1. The molecule has 6 rings (SSSR count). The average molecular weight is 704 g/mol. The number of likely N-dealkylation sites (tertiary alicyclic amines) is 3. The molecule has 0 spiro atoms. The number of nitrogens with zero attached hydrogens (tertiary/aromatic N) is 4. The maximum atomic E-state index is 14.1. The van der Waals surface area contributed by atoms with Crippen LogP contribution in [0.25, 0.3) is 11.1 Å². The number of aryl methyl sites for hydroxylation is 1. The molecule has 4 heterocycles. The van der Waals surface area contributed by atoms with Crippen molar-refractivity contribution in [3.63, 3.8) is 0 Å². The van der Waals surface area contributed by atoms with Crippen molar-refractivity contribution in [1.29, 1.82) is 0 Å². The number of anilines is 1. The number of nitrogens with one attached hydrogen (secondary N) is 2. The molecule has 3 aliphatic rings. The van der Waals surface area contributed by atoms with Crippen LogP contribution in [0.4, 0.5) is 10.5 Å². The maximum absolute atomic E-state index is 14.1. The lowest BCUT2D eigenvalue weighted by atomic mass is 9.89. The van der Waals surface area contributed by atoms with Crippen LogP contribution in [-0.2, 0) is 27.2 Å². The van der Waals surface area contributed by atoms with Gasteiger partial charge in [0.25, 0.3) is 5.91 Å². The molecule has 276 valence electrons. The van der Waals surface area contributed by atoms with Gasteiger partial charge in [-0.3, -0.25) is 14.6 Å². The van der Waals surface area contributed by atoms with Crippen molar-refractivity contribution in [1.82, 2.24) is 24.6 Å². The highest BCUT2D eigenvalue weighted by Gasteiger charge is 2.36. The molecule has 0 bridgehead atoms. The van der Waals surface area contributed by atoms with Crippen molar-refractivity contribution >= 4 is 35.2 Å². The number of piperidine rings is 3. The predicted molar refractivity (Wildman–Crippen MR) is 196 cm³/mol. The highest BCUT2D eigenvalue weighted by Crippen LogP contribution is 2.27. The number of rotatable bonds is 11. The van der Waals surface area contributed by atoms with Gasteiger partial charge >= 0.3 is 11.8 Å². The fourth-order valence-electron chi connectivity index (χ4n) is 7.99. The summed E-state index contributed by atoms with van der Waals surface area (Å²) in [7, 11) is 1.89. The molecule has 1 atom stereocenters. The summed E-state index contributed by atoms with van der Waals surface area (Å²) < 4.78 is 11.4.